The molecule has 0 radical (unpaired) electrons. The number of benzene rings is 3. The fourth-order valence-corrected chi connectivity index (χ4v) is 3.91. The number of halogens is 3. The van der Waals surface area contributed by atoms with Crippen LogP contribution in [0.15, 0.2) is 73.3 Å². The Balaban J connectivity index is 0.00000272. The minimum atomic E-state index is 0. The highest BCUT2D eigenvalue weighted by Gasteiger charge is 2.10. The van der Waals surface area contributed by atoms with Crippen molar-refractivity contribution in [2.45, 2.75) is 26.1 Å². The third-order valence-electron chi connectivity index (χ3n) is 5.03. The molecule has 0 aliphatic heterocycles. The quantitative estimate of drug-likeness (QED) is 0.279. The smallest absolute Gasteiger partial charge is 0.124 e. The van der Waals surface area contributed by atoms with E-state index in [0.717, 1.165) is 42.9 Å². The Morgan fingerprint density at radius 2 is 1.90 bits per heavy atom. The van der Waals surface area contributed by atoms with E-state index in [2.05, 4.69) is 45.2 Å². The van der Waals surface area contributed by atoms with E-state index in [9.17, 15) is 0 Å². The molecule has 0 aliphatic rings. The van der Waals surface area contributed by atoms with E-state index in [0.29, 0.717) is 16.7 Å². The minimum absolute atomic E-state index is 0. The van der Waals surface area contributed by atoms with E-state index in [-0.39, 0.29) is 12.4 Å². The first kappa shape index (κ1) is 23.4. The molecule has 162 valence electrons. The standard InChI is InChI=1S/C24H23Cl2N3O.ClH/c25-20-8-6-19(23(26)14-20)16-30-24-9-7-18-4-1-2-5-21(18)22(24)15-27-10-3-12-29-13-11-28-17-29;/h1-2,4-9,11,13-14,17,27H,3,10,12,15-16H2;1H. The third-order valence-corrected chi connectivity index (χ3v) is 5.61. The highest BCUT2D eigenvalue weighted by molar-refractivity contribution is 6.35. The van der Waals surface area contributed by atoms with Crippen molar-refractivity contribution in [2.24, 2.45) is 0 Å². The first-order chi connectivity index (χ1) is 14.7. The Morgan fingerprint density at radius 1 is 1.03 bits per heavy atom. The molecule has 0 unspecified atom stereocenters. The van der Waals surface area contributed by atoms with Gasteiger partial charge in [-0.2, -0.15) is 0 Å². The molecular formula is C24H24Cl3N3O. The lowest BCUT2D eigenvalue weighted by Gasteiger charge is -2.16. The Morgan fingerprint density at radius 3 is 2.71 bits per heavy atom. The highest BCUT2D eigenvalue weighted by Crippen LogP contribution is 2.30. The summed E-state index contributed by atoms with van der Waals surface area (Å²) in [4.78, 5) is 4.08. The van der Waals surface area contributed by atoms with Gasteiger partial charge in [-0.15, -0.1) is 12.4 Å². The normalized spacial score (nSPS) is 10.8. The van der Waals surface area contributed by atoms with Gasteiger partial charge in [-0.25, -0.2) is 4.98 Å². The first-order valence-electron chi connectivity index (χ1n) is 9.94. The molecular weight excluding hydrogens is 453 g/mol. The topological polar surface area (TPSA) is 39.1 Å². The summed E-state index contributed by atoms with van der Waals surface area (Å²) >= 11 is 12.3. The van der Waals surface area contributed by atoms with E-state index in [1.54, 1.807) is 12.3 Å². The molecule has 0 saturated carbocycles. The first-order valence-corrected chi connectivity index (χ1v) is 10.7. The van der Waals surface area contributed by atoms with Crippen molar-refractivity contribution in [3.63, 3.8) is 0 Å². The lowest BCUT2D eigenvalue weighted by molar-refractivity contribution is 0.303. The fourth-order valence-electron chi connectivity index (χ4n) is 3.45. The van der Waals surface area contributed by atoms with Crippen LogP contribution in [-0.4, -0.2) is 16.1 Å². The summed E-state index contributed by atoms with van der Waals surface area (Å²) in [5.74, 6) is 0.863. The van der Waals surface area contributed by atoms with Crippen LogP contribution in [-0.2, 0) is 19.7 Å². The predicted octanol–water partition coefficient (Wildman–Crippen LogP) is 6.52. The summed E-state index contributed by atoms with van der Waals surface area (Å²) in [6, 6.07) is 18.0. The molecule has 1 aromatic heterocycles. The number of nitrogens with zero attached hydrogens (tertiary/aromatic N) is 2. The number of aromatic nitrogens is 2. The molecule has 4 rings (SSSR count). The third kappa shape index (κ3) is 6.14. The van der Waals surface area contributed by atoms with Crippen molar-refractivity contribution >= 4 is 46.4 Å². The van der Waals surface area contributed by atoms with Gasteiger partial charge in [-0.1, -0.05) is 59.6 Å². The number of aryl methyl sites for hydroxylation is 1. The molecule has 0 amide bonds. The van der Waals surface area contributed by atoms with E-state index in [1.807, 2.05) is 30.7 Å². The summed E-state index contributed by atoms with van der Waals surface area (Å²) in [5.41, 5.74) is 2.06. The Kier molecular flexibility index (Phi) is 8.61. The van der Waals surface area contributed by atoms with Gasteiger partial charge in [0.25, 0.3) is 0 Å². The lowest BCUT2D eigenvalue weighted by atomic mass is 10.0. The van der Waals surface area contributed by atoms with Gasteiger partial charge in [-0.3, -0.25) is 0 Å². The van der Waals surface area contributed by atoms with Gasteiger partial charge in [0.1, 0.15) is 12.4 Å². The van der Waals surface area contributed by atoms with Crippen LogP contribution in [0.2, 0.25) is 10.0 Å². The molecule has 0 aliphatic carbocycles. The number of nitrogens with one attached hydrogen (secondary N) is 1. The fraction of sp³-hybridized carbons (Fsp3) is 0.208. The SMILES string of the molecule is Cl.Clc1ccc(COc2ccc3ccccc3c2CNCCCn2ccnc2)c(Cl)c1. The number of imidazole rings is 1. The Labute approximate surface area is 198 Å². The molecule has 0 saturated heterocycles. The maximum atomic E-state index is 6.31. The average Bonchev–Trinajstić information content (AvgIpc) is 3.27. The summed E-state index contributed by atoms with van der Waals surface area (Å²) in [6.07, 6.45) is 6.66. The molecule has 3 aromatic carbocycles. The average molecular weight is 477 g/mol. The van der Waals surface area contributed by atoms with E-state index in [1.165, 1.54) is 10.8 Å². The van der Waals surface area contributed by atoms with Gasteiger partial charge in [0.2, 0.25) is 0 Å². The van der Waals surface area contributed by atoms with Crippen molar-refractivity contribution in [2.75, 3.05) is 6.54 Å². The molecule has 4 aromatic rings. The van der Waals surface area contributed by atoms with Crippen LogP contribution in [0.4, 0.5) is 0 Å². The van der Waals surface area contributed by atoms with Crippen LogP contribution in [0, 0.1) is 0 Å². The maximum Gasteiger partial charge on any atom is 0.124 e. The maximum absolute atomic E-state index is 6.31. The molecule has 0 fully saturated rings. The van der Waals surface area contributed by atoms with Crippen LogP contribution >= 0.6 is 35.6 Å². The van der Waals surface area contributed by atoms with Crippen molar-refractivity contribution in [1.82, 2.24) is 14.9 Å². The summed E-state index contributed by atoms with van der Waals surface area (Å²) in [7, 11) is 0. The van der Waals surface area contributed by atoms with Crippen molar-refractivity contribution in [3.05, 3.63) is 94.5 Å². The molecule has 7 heteroatoms. The summed E-state index contributed by atoms with van der Waals surface area (Å²) in [6.45, 7) is 2.97. The second kappa shape index (κ2) is 11.4. The van der Waals surface area contributed by atoms with E-state index in [4.69, 9.17) is 27.9 Å². The zero-order valence-corrected chi connectivity index (χ0v) is 19.3. The van der Waals surface area contributed by atoms with Gasteiger partial charge >= 0.3 is 0 Å². The second-order valence-corrected chi connectivity index (χ2v) is 7.96. The number of rotatable bonds is 9. The zero-order chi connectivity index (χ0) is 20.8. The molecule has 31 heavy (non-hydrogen) atoms. The zero-order valence-electron chi connectivity index (χ0n) is 16.9. The second-order valence-electron chi connectivity index (χ2n) is 7.12. The van der Waals surface area contributed by atoms with Crippen LogP contribution in [0.1, 0.15) is 17.5 Å². The van der Waals surface area contributed by atoms with Crippen LogP contribution in [0.25, 0.3) is 10.8 Å². The van der Waals surface area contributed by atoms with E-state index >= 15 is 0 Å². The molecule has 1 heterocycles. The summed E-state index contributed by atoms with van der Waals surface area (Å²) < 4.78 is 8.28. The monoisotopic (exact) mass is 475 g/mol. The minimum Gasteiger partial charge on any atom is -0.488 e. The number of hydrogen-bond acceptors (Lipinski definition) is 3. The molecule has 1 N–H and O–H groups in total. The molecule has 0 bridgehead atoms. The van der Waals surface area contributed by atoms with Gasteiger partial charge in [0.05, 0.1) is 6.33 Å². The lowest BCUT2D eigenvalue weighted by Crippen LogP contribution is -2.17. The van der Waals surface area contributed by atoms with Crippen LogP contribution < -0.4 is 10.1 Å². The van der Waals surface area contributed by atoms with Crippen LogP contribution in [0.3, 0.4) is 0 Å². The molecule has 0 atom stereocenters. The molecule has 4 nitrogen and oxygen atoms in total. The van der Waals surface area contributed by atoms with Gasteiger partial charge < -0.3 is 14.6 Å². The van der Waals surface area contributed by atoms with Gasteiger partial charge in [0, 0.05) is 46.7 Å². The highest BCUT2D eigenvalue weighted by atomic mass is 35.5. The van der Waals surface area contributed by atoms with Crippen molar-refractivity contribution in [1.29, 1.82) is 0 Å². The Bertz CT molecular complexity index is 1120. The van der Waals surface area contributed by atoms with Gasteiger partial charge in [-0.05, 0) is 41.9 Å². The molecule has 0 spiro atoms. The Hall–Kier alpha value is -2.24. The predicted molar refractivity (Wildman–Crippen MR) is 131 cm³/mol. The number of ether oxygens (including phenoxy) is 1. The van der Waals surface area contributed by atoms with Crippen LogP contribution in [0.5, 0.6) is 5.75 Å². The summed E-state index contributed by atoms with van der Waals surface area (Å²) in [5, 5.41) is 7.18. The van der Waals surface area contributed by atoms with Crippen molar-refractivity contribution < 1.29 is 4.74 Å². The van der Waals surface area contributed by atoms with E-state index < -0.39 is 0 Å². The largest absolute Gasteiger partial charge is 0.488 e. The number of hydrogen-bond donors (Lipinski definition) is 1. The van der Waals surface area contributed by atoms with Gasteiger partial charge in [0.15, 0.2) is 0 Å². The van der Waals surface area contributed by atoms with Crippen molar-refractivity contribution in [3.8, 4) is 5.75 Å². The number of fused-ring (bicyclic) bond motifs is 1.